The number of aromatic amines is 1. The fourth-order valence-corrected chi connectivity index (χ4v) is 2.47. The van der Waals surface area contributed by atoms with Crippen LogP contribution in [0.15, 0.2) is 24.3 Å². The first kappa shape index (κ1) is 17.0. The molecule has 0 spiro atoms. The zero-order chi connectivity index (χ0) is 16.7. The third-order valence-corrected chi connectivity index (χ3v) is 3.63. The minimum absolute atomic E-state index is 0.0163. The van der Waals surface area contributed by atoms with E-state index < -0.39 is 0 Å². The molecule has 0 radical (unpaired) electrons. The summed E-state index contributed by atoms with van der Waals surface area (Å²) >= 11 is 0. The molecule has 0 fully saturated rings. The van der Waals surface area contributed by atoms with Crippen LogP contribution in [0.5, 0.6) is 0 Å². The molecule has 1 aromatic carbocycles. The van der Waals surface area contributed by atoms with Gasteiger partial charge in [0.05, 0.1) is 6.54 Å². The number of carbonyl (C=O) groups is 2. The first-order valence-corrected chi connectivity index (χ1v) is 7.94. The van der Waals surface area contributed by atoms with Crippen molar-refractivity contribution in [1.82, 2.24) is 10.3 Å². The fourth-order valence-electron chi connectivity index (χ4n) is 2.47. The number of unbranched alkanes of at least 4 members (excludes halogenated alkanes) is 2. The topological polar surface area (TPSA) is 100 Å². The lowest BCUT2D eigenvalue weighted by Gasteiger charge is -2.06. The molecule has 2 amide bonds. The van der Waals surface area contributed by atoms with E-state index in [4.69, 9.17) is 5.73 Å². The molecule has 1 heterocycles. The highest BCUT2D eigenvalue weighted by molar-refractivity contribution is 5.93. The van der Waals surface area contributed by atoms with Crippen LogP contribution in [-0.2, 0) is 9.59 Å². The number of hydrogen-bond donors (Lipinski definition) is 4. The molecule has 23 heavy (non-hydrogen) atoms. The van der Waals surface area contributed by atoms with Crippen LogP contribution in [0.1, 0.15) is 31.4 Å². The molecule has 0 aliphatic carbocycles. The second-order valence-electron chi connectivity index (χ2n) is 5.67. The second kappa shape index (κ2) is 8.33. The third kappa shape index (κ3) is 5.41. The van der Waals surface area contributed by atoms with Gasteiger partial charge in [-0.3, -0.25) is 9.59 Å². The summed E-state index contributed by atoms with van der Waals surface area (Å²) in [6.45, 7) is 2.64. The quantitative estimate of drug-likeness (QED) is 0.561. The van der Waals surface area contributed by atoms with E-state index in [0.717, 1.165) is 41.5 Å². The van der Waals surface area contributed by atoms with E-state index >= 15 is 0 Å². The molecule has 124 valence electrons. The van der Waals surface area contributed by atoms with Gasteiger partial charge in [0.2, 0.25) is 11.8 Å². The van der Waals surface area contributed by atoms with E-state index in [1.807, 2.05) is 25.1 Å². The summed E-state index contributed by atoms with van der Waals surface area (Å²) in [7, 11) is 0. The van der Waals surface area contributed by atoms with Gasteiger partial charge >= 0.3 is 0 Å². The monoisotopic (exact) mass is 316 g/mol. The maximum Gasteiger partial charge on any atom is 0.233 e. The summed E-state index contributed by atoms with van der Waals surface area (Å²) in [6, 6.07) is 7.90. The zero-order valence-electron chi connectivity index (χ0n) is 13.4. The van der Waals surface area contributed by atoms with E-state index in [2.05, 4.69) is 21.7 Å². The molecule has 0 saturated carbocycles. The van der Waals surface area contributed by atoms with Crippen molar-refractivity contribution in [1.29, 1.82) is 0 Å². The van der Waals surface area contributed by atoms with Crippen molar-refractivity contribution in [3.05, 3.63) is 30.0 Å². The van der Waals surface area contributed by atoms with Gasteiger partial charge in [0.1, 0.15) is 0 Å². The van der Waals surface area contributed by atoms with Crippen LogP contribution < -0.4 is 16.4 Å². The van der Waals surface area contributed by atoms with E-state index in [0.29, 0.717) is 13.0 Å². The first-order valence-electron chi connectivity index (χ1n) is 7.94. The molecule has 0 saturated heterocycles. The summed E-state index contributed by atoms with van der Waals surface area (Å²) in [5, 5.41) is 6.73. The highest BCUT2D eigenvalue weighted by atomic mass is 16.2. The fraction of sp³-hybridized carbons (Fsp3) is 0.412. The van der Waals surface area contributed by atoms with E-state index in [9.17, 15) is 9.59 Å². The number of nitrogens with two attached hydrogens (primary N) is 1. The Labute approximate surface area is 135 Å². The largest absolute Gasteiger partial charge is 0.359 e. The molecular formula is C17H24N4O2. The summed E-state index contributed by atoms with van der Waals surface area (Å²) in [4.78, 5) is 26.1. The van der Waals surface area contributed by atoms with Gasteiger partial charge in [-0.15, -0.1) is 0 Å². The van der Waals surface area contributed by atoms with Crippen LogP contribution in [0.2, 0.25) is 0 Å². The van der Waals surface area contributed by atoms with Crippen molar-refractivity contribution < 1.29 is 9.59 Å². The molecule has 6 heteroatoms. The maximum atomic E-state index is 11.9. The van der Waals surface area contributed by atoms with Crippen molar-refractivity contribution in [2.45, 2.75) is 32.6 Å². The molecule has 1 aromatic heterocycles. The number of carbonyl (C=O) groups excluding carboxylic acids is 2. The smallest absolute Gasteiger partial charge is 0.233 e. The van der Waals surface area contributed by atoms with Crippen molar-refractivity contribution in [3.8, 4) is 0 Å². The molecule has 0 aliphatic heterocycles. The number of amides is 2. The van der Waals surface area contributed by atoms with Crippen molar-refractivity contribution >= 4 is 28.4 Å². The number of rotatable bonds is 8. The molecule has 2 rings (SSSR count). The summed E-state index contributed by atoms with van der Waals surface area (Å²) in [5.41, 5.74) is 8.18. The Morgan fingerprint density at radius 1 is 1.13 bits per heavy atom. The first-order chi connectivity index (χ1) is 11.1. The maximum absolute atomic E-state index is 11.9. The minimum atomic E-state index is -0.141. The van der Waals surface area contributed by atoms with Gasteiger partial charge in [0.25, 0.3) is 0 Å². The lowest BCUT2D eigenvalue weighted by molar-refractivity contribution is -0.120. The Morgan fingerprint density at radius 3 is 2.74 bits per heavy atom. The summed E-state index contributed by atoms with van der Waals surface area (Å²) < 4.78 is 0. The van der Waals surface area contributed by atoms with E-state index in [1.54, 1.807) is 0 Å². The molecule has 6 nitrogen and oxygen atoms in total. The summed E-state index contributed by atoms with van der Waals surface area (Å²) in [6.07, 6.45) is 3.03. The van der Waals surface area contributed by atoms with Crippen LogP contribution >= 0.6 is 0 Å². The average molecular weight is 316 g/mol. The Bertz CT molecular complexity index is 678. The molecular weight excluding hydrogens is 292 g/mol. The number of benzene rings is 1. The molecule has 0 atom stereocenters. The van der Waals surface area contributed by atoms with Crippen LogP contribution in [0.4, 0.5) is 5.69 Å². The number of hydrogen-bond acceptors (Lipinski definition) is 3. The van der Waals surface area contributed by atoms with Crippen molar-refractivity contribution in [2.75, 3.05) is 18.4 Å². The summed E-state index contributed by atoms with van der Waals surface area (Å²) in [5.74, 6) is -0.124. The van der Waals surface area contributed by atoms with Gasteiger partial charge in [-0.2, -0.15) is 0 Å². The predicted octanol–water partition coefficient (Wildman–Crippen LogP) is 2.05. The lowest BCUT2D eigenvalue weighted by Crippen LogP contribution is -2.30. The number of aryl methyl sites for hydroxylation is 1. The van der Waals surface area contributed by atoms with E-state index in [1.165, 1.54) is 0 Å². The van der Waals surface area contributed by atoms with E-state index in [-0.39, 0.29) is 18.4 Å². The van der Waals surface area contributed by atoms with Crippen molar-refractivity contribution in [3.63, 3.8) is 0 Å². The number of fused-ring (bicyclic) bond motifs is 1. The van der Waals surface area contributed by atoms with Crippen LogP contribution in [0, 0.1) is 6.92 Å². The molecule has 2 aromatic rings. The lowest BCUT2D eigenvalue weighted by atomic mass is 10.1. The van der Waals surface area contributed by atoms with Crippen LogP contribution in [0.25, 0.3) is 10.9 Å². The standard InChI is InChI=1S/C17H24N4O2/c1-12-9-13-10-14(6-7-15(13)20-12)21-16(22)5-3-2-4-8-19-17(23)11-18/h6-7,9-10,20H,2-5,8,11,18H2,1H3,(H,19,23)(H,21,22). The van der Waals surface area contributed by atoms with Gasteiger partial charge in [-0.05, 0) is 44.0 Å². The van der Waals surface area contributed by atoms with Crippen LogP contribution in [-0.4, -0.2) is 29.9 Å². The molecule has 0 unspecified atom stereocenters. The highest BCUT2D eigenvalue weighted by Crippen LogP contribution is 2.20. The molecule has 0 aliphatic rings. The number of anilines is 1. The second-order valence-corrected chi connectivity index (χ2v) is 5.67. The normalized spacial score (nSPS) is 10.7. The molecule has 0 bridgehead atoms. The van der Waals surface area contributed by atoms with Crippen molar-refractivity contribution in [2.24, 2.45) is 5.73 Å². The van der Waals surface area contributed by atoms with Gasteiger partial charge < -0.3 is 21.4 Å². The van der Waals surface area contributed by atoms with Gasteiger partial charge in [-0.25, -0.2) is 0 Å². The average Bonchev–Trinajstić information content (AvgIpc) is 2.89. The van der Waals surface area contributed by atoms with Crippen LogP contribution in [0.3, 0.4) is 0 Å². The highest BCUT2D eigenvalue weighted by Gasteiger charge is 2.04. The third-order valence-electron chi connectivity index (χ3n) is 3.63. The number of aromatic nitrogens is 1. The Balaban J connectivity index is 1.68. The zero-order valence-corrected chi connectivity index (χ0v) is 13.4. The SMILES string of the molecule is Cc1cc2cc(NC(=O)CCCCCNC(=O)CN)ccc2[nH]1. The Hall–Kier alpha value is -2.34. The molecule has 5 N–H and O–H groups in total. The predicted molar refractivity (Wildman–Crippen MR) is 92.2 cm³/mol. The Kier molecular flexibility index (Phi) is 6.17. The minimum Gasteiger partial charge on any atom is -0.359 e. The van der Waals surface area contributed by atoms with Gasteiger partial charge in [-0.1, -0.05) is 6.42 Å². The van der Waals surface area contributed by atoms with Gasteiger partial charge in [0.15, 0.2) is 0 Å². The number of nitrogens with one attached hydrogen (secondary N) is 3. The van der Waals surface area contributed by atoms with Gasteiger partial charge in [0, 0.05) is 35.2 Å². The number of H-pyrrole nitrogens is 1. The Morgan fingerprint density at radius 2 is 1.96 bits per heavy atom.